The molecule has 0 bridgehead atoms. The van der Waals surface area contributed by atoms with Gasteiger partial charge < -0.3 is 15.4 Å². The molecule has 0 radical (unpaired) electrons. The van der Waals surface area contributed by atoms with Gasteiger partial charge in [0.05, 0.1) is 13.2 Å². The van der Waals surface area contributed by atoms with Crippen LogP contribution in [-0.4, -0.2) is 18.9 Å². The lowest BCUT2D eigenvalue weighted by Crippen LogP contribution is -2.27. The van der Waals surface area contributed by atoms with Crippen LogP contribution in [0.15, 0.2) is 84.9 Å². The summed E-state index contributed by atoms with van der Waals surface area (Å²) in [5.41, 5.74) is 3.53. The Morgan fingerprint density at radius 1 is 0.867 bits per heavy atom. The van der Waals surface area contributed by atoms with Gasteiger partial charge in [-0.25, -0.2) is 0 Å². The maximum atomic E-state index is 12.6. The summed E-state index contributed by atoms with van der Waals surface area (Å²) in [7, 11) is 1.62. The SMILES string of the molecule is COc1ccc(C(NC(=O)/C=C/c2ccc(NC(C)=O)cc2)c2ccccc2)cc1. The molecule has 0 saturated heterocycles. The number of anilines is 1. The van der Waals surface area contributed by atoms with Gasteiger partial charge in [-0.15, -0.1) is 0 Å². The highest BCUT2D eigenvalue weighted by atomic mass is 16.5. The van der Waals surface area contributed by atoms with Gasteiger partial charge in [-0.1, -0.05) is 54.6 Å². The van der Waals surface area contributed by atoms with Crippen molar-refractivity contribution in [2.45, 2.75) is 13.0 Å². The standard InChI is InChI=1S/C25H24N2O3/c1-18(28)26-22-13-8-19(9-14-22)10-17-24(29)27-25(20-6-4-3-5-7-20)21-11-15-23(30-2)16-12-21/h3-17,25H,1-2H3,(H,26,28)(H,27,29)/b17-10+. The summed E-state index contributed by atoms with van der Waals surface area (Å²) in [6.45, 7) is 1.46. The Balaban J connectivity index is 1.74. The van der Waals surface area contributed by atoms with E-state index < -0.39 is 0 Å². The van der Waals surface area contributed by atoms with E-state index in [1.165, 1.54) is 13.0 Å². The fraction of sp³-hybridized carbons (Fsp3) is 0.120. The second-order valence-corrected chi connectivity index (χ2v) is 6.76. The topological polar surface area (TPSA) is 67.4 Å². The molecule has 30 heavy (non-hydrogen) atoms. The third kappa shape index (κ3) is 5.82. The van der Waals surface area contributed by atoms with Crippen LogP contribution in [0.2, 0.25) is 0 Å². The molecule has 3 rings (SSSR count). The van der Waals surface area contributed by atoms with Crippen molar-refractivity contribution in [1.29, 1.82) is 0 Å². The van der Waals surface area contributed by atoms with Crippen LogP contribution < -0.4 is 15.4 Å². The molecule has 3 aromatic rings. The van der Waals surface area contributed by atoms with Crippen LogP contribution in [-0.2, 0) is 9.59 Å². The lowest BCUT2D eigenvalue weighted by Gasteiger charge is -2.19. The van der Waals surface area contributed by atoms with Gasteiger partial charge in [-0.2, -0.15) is 0 Å². The summed E-state index contributed by atoms with van der Waals surface area (Å²) in [4.78, 5) is 23.7. The van der Waals surface area contributed by atoms with E-state index in [0.29, 0.717) is 5.69 Å². The smallest absolute Gasteiger partial charge is 0.244 e. The third-order valence-electron chi connectivity index (χ3n) is 4.53. The van der Waals surface area contributed by atoms with Gasteiger partial charge in [-0.3, -0.25) is 9.59 Å². The van der Waals surface area contributed by atoms with Crippen molar-refractivity contribution < 1.29 is 14.3 Å². The lowest BCUT2D eigenvalue weighted by atomic mass is 9.98. The summed E-state index contributed by atoms with van der Waals surface area (Å²) in [5, 5.41) is 5.79. The van der Waals surface area contributed by atoms with Crippen LogP contribution >= 0.6 is 0 Å². The summed E-state index contributed by atoms with van der Waals surface area (Å²) in [5.74, 6) is 0.438. The Morgan fingerprint density at radius 3 is 2.10 bits per heavy atom. The molecule has 152 valence electrons. The van der Waals surface area contributed by atoms with Crippen LogP contribution in [0.3, 0.4) is 0 Å². The zero-order valence-electron chi connectivity index (χ0n) is 17.0. The Morgan fingerprint density at radius 2 is 1.50 bits per heavy atom. The monoisotopic (exact) mass is 400 g/mol. The third-order valence-corrected chi connectivity index (χ3v) is 4.53. The summed E-state index contributed by atoms with van der Waals surface area (Å²) < 4.78 is 5.23. The maximum absolute atomic E-state index is 12.6. The number of hydrogen-bond acceptors (Lipinski definition) is 3. The molecule has 2 amide bonds. The van der Waals surface area contributed by atoms with Crippen LogP contribution in [0.25, 0.3) is 6.08 Å². The molecule has 0 heterocycles. The Bertz CT molecular complexity index is 1010. The van der Waals surface area contributed by atoms with Gasteiger partial charge in [0.2, 0.25) is 11.8 Å². The average Bonchev–Trinajstić information content (AvgIpc) is 2.77. The highest BCUT2D eigenvalue weighted by Crippen LogP contribution is 2.24. The second kappa shape index (κ2) is 10.1. The van der Waals surface area contributed by atoms with Gasteiger partial charge in [0, 0.05) is 18.7 Å². The molecule has 0 spiro atoms. The normalized spacial score (nSPS) is 11.7. The fourth-order valence-electron chi connectivity index (χ4n) is 3.04. The van der Waals surface area contributed by atoms with Crippen molar-refractivity contribution in [2.75, 3.05) is 12.4 Å². The van der Waals surface area contributed by atoms with E-state index in [1.807, 2.05) is 66.7 Å². The minimum atomic E-state index is -0.281. The van der Waals surface area contributed by atoms with E-state index >= 15 is 0 Å². The molecule has 0 aliphatic heterocycles. The minimum Gasteiger partial charge on any atom is -0.497 e. The first kappa shape index (κ1) is 20.9. The Labute approximate surface area is 176 Å². The minimum absolute atomic E-state index is 0.122. The Kier molecular flexibility index (Phi) is 7.00. The molecule has 1 atom stereocenters. The predicted octanol–water partition coefficient (Wildman–Crippen LogP) is 4.57. The van der Waals surface area contributed by atoms with E-state index in [9.17, 15) is 9.59 Å². The van der Waals surface area contributed by atoms with Crippen molar-refractivity contribution in [1.82, 2.24) is 5.32 Å². The van der Waals surface area contributed by atoms with E-state index in [0.717, 1.165) is 22.4 Å². The number of methoxy groups -OCH3 is 1. The number of carbonyl (C=O) groups is 2. The molecule has 0 aromatic heterocycles. The lowest BCUT2D eigenvalue weighted by molar-refractivity contribution is -0.117. The Hall–Kier alpha value is -3.86. The van der Waals surface area contributed by atoms with Gasteiger partial charge >= 0.3 is 0 Å². The first-order valence-corrected chi connectivity index (χ1v) is 9.60. The molecule has 3 aromatic carbocycles. The molecule has 2 N–H and O–H groups in total. The predicted molar refractivity (Wildman–Crippen MR) is 119 cm³/mol. The molecule has 5 heteroatoms. The average molecular weight is 400 g/mol. The zero-order valence-corrected chi connectivity index (χ0v) is 17.0. The van der Waals surface area contributed by atoms with Crippen molar-refractivity contribution in [3.05, 3.63) is 102 Å². The zero-order chi connectivity index (χ0) is 21.3. The highest BCUT2D eigenvalue weighted by molar-refractivity contribution is 5.92. The van der Waals surface area contributed by atoms with Gasteiger partial charge in [0.25, 0.3) is 0 Å². The molecular formula is C25H24N2O3. The largest absolute Gasteiger partial charge is 0.497 e. The van der Waals surface area contributed by atoms with Crippen molar-refractivity contribution in [3.63, 3.8) is 0 Å². The number of benzene rings is 3. The van der Waals surface area contributed by atoms with E-state index in [2.05, 4.69) is 10.6 Å². The van der Waals surface area contributed by atoms with Gasteiger partial charge in [0.15, 0.2) is 0 Å². The number of ether oxygens (including phenoxy) is 1. The summed E-state index contributed by atoms with van der Waals surface area (Å²) >= 11 is 0. The summed E-state index contributed by atoms with van der Waals surface area (Å²) in [6, 6.07) is 24.5. The van der Waals surface area contributed by atoms with Gasteiger partial charge in [-0.05, 0) is 47.0 Å². The summed E-state index contributed by atoms with van der Waals surface area (Å²) in [6.07, 6.45) is 3.25. The quantitative estimate of drug-likeness (QED) is 0.571. The first-order chi connectivity index (χ1) is 14.5. The molecule has 0 fully saturated rings. The molecule has 0 aliphatic rings. The van der Waals surface area contributed by atoms with Crippen LogP contribution in [0, 0.1) is 0 Å². The number of carbonyl (C=O) groups excluding carboxylic acids is 2. The van der Waals surface area contributed by atoms with Crippen LogP contribution in [0.5, 0.6) is 5.75 Å². The molecule has 0 saturated carbocycles. The van der Waals surface area contributed by atoms with Crippen LogP contribution in [0.4, 0.5) is 5.69 Å². The van der Waals surface area contributed by atoms with E-state index in [4.69, 9.17) is 4.74 Å². The number of amides is 2. The molecular weight excluding hydrogens is 376 g/mol. The molecule has 1 unspecified atom stereocenters. The first-order valence-electron chi connectivity index (χ1n) is 9.60. The molecule has 5 nitrogen and oxygen atoms in total. The van der Waals surface area contributed by atoms with E-state index in [1.54, 1.807) is 25.3 Å². The maximum Gasteiger partial charge on any atom is 0.244 e. The van der Waals surface area contributed by atoms with Crippen molar-refractivity contribution in [2.24, 2.45) is 0 Å². The van der Waals surface area contributed by atoms with Crippen molar-refractivity contribution >= 4 is 23.6 Å². The second-order valence-electron chi connectivity index (χ2n) is 6.76. The number of hydrogen-bond donors (Lipinski definition) is 2. The number of nitrogens with one attached hydrogen (secondary N) is 2. The molecule has 0 aliphatic carbocycles. The van der Waals surface area contributed by atoms with Crippen LogP contribution in [0.1, 0.15) is 29.7 Å². The van der Waals surface area contributed by atoms with Crippen molar-refractivity contribution in [3.8, 4) is 5.75 Å². The van der Waals surface area contributed by atoms with Gasteiger partial charge in [0.1, 0.15) is 5.75 Å². The fourth-order valence-corrected chi connectivity index (χ4v) is 3.04. The van der Waals surface area contributed by atoms with E-state index in [-0.39, 0.29) is 17.9 Å². The number of rotatable bonds is 7. The highest BCUT2D eigenvalue weighted by Gasteiger charge is 2.15.